The van der Waals surface area contributed by atoms with Crippen LogP contribution in [0.25, 0.3) is 0 Å². The van der Waals surface area contributed by atoms with Gasteiger partial charge in [0.1, 0.15) is 0 Å². The summed E-state index contributed by atoms with van der Waals surface area (Å²) >= 11 is 0. The maximum Gasteiger partial charge on any atom is 0.310 e. The molecule has 1 rings (SSSR count). The topological polar surface area (TPSA) is 52.3 Å². The van der Waals surface area contributed by atoms with E-state index in [4.69, 9.17) is 10.5 Å². The van der Waals surface area contributed by atoms with Gasteiger partial charge >= 0.3 is 5.97 Å². The van der Waals surface area contributed by atoms with E-state index in [-0.39, 0.29) is 17.9 Å². The molecule has 1 aliphatic rings. The van der Waals surface area contributed by atoms with Gasteiger partial charge in [0.25, 0.3) is 0 Å². The van der Waals surface area contributed by atoms with E-state index >= 15 is 0 Å². The average molecular weight is 171 g/mol. The van der Waals surface area contributed by atoms with Gasteiger partial charge in [0.2, 0.25) is 0 Å². The van der Waals surface area contributed by atoms with Crippen molar-refractivity contribution < 1.29 is 9.53 Å². The highest BCUT2D eigenvalue weighted by atomic mass is 16.5. The zero-order valence-corrected chi connectivity index (χ0v) is 7.75. The maximum absolute atomic E-state index is 11.3. The van der Waals surface area contributed by atoms with Crippen LogP contribution in [-0.4, -0.2) is 19.1 Å². The van der Waals surface area contributed by atoms with E-state index in [9.17, 15) is 4.79 Å². The minimum Gasteiger partial charge on any atom is -0.469 e. The molecule has 0 aromatic carbocycles. The summed E-state index contributed by atoms with van der Waals surface area (Å²) in [5.41, 5.74) is 5.85. The average Bonchev–Trinajstić information content (AvgIpc) is 2.03. The van der Waals surface area contributed by atoms with Crippen molar-refractivity contribution in [2.45, 2.75) is 32.2 Å². The fourth-order valence-electron chi connectivity index (χ4n) is 2.00. The van der Waals surface area contributed by atoms with Crippen molar-refractivity contribution in [3.63, 3.8) is 0 Å². The number of esters is 1. The predicted molar refractivity (Wildman–Crippen MR) is 46.5 cm³/mol. The molecule has 12 heavy (non-hydrogen) atoms. The maximum atomic E-state index is 11.3. The lowest BCUT2D eigenvalue weighted by atomic mass is 9.77. The molecule has 1 aliphatic carbocycles. The number of hydrogen-bond acceptors (Lipinski definition) is 3. The Bertz CT molecular complexity index is 160. The second-order valence-corrected chi connectivity index (χ2v) is 3.62. The third-order valence-corrected chi connectivity index (χ3v) is 2.74. The van der Waals surface area contributed by atoms with Gasteiger partial charge in [0.05, 0.1) is 13.0 Å². The molecule has 0 heterocycles. The summed E-state index contributed by atoms with van der Waals surface area (Å²) in [4.78, 5) is 11.3. The van der Waals surface area contributed by atoms with E-state index in [1.54, 1.807) is 0 Å². The number of carbonyl (C=O) groups is 1. The molecule has 70 valence electrons. The van der Waals surface area contributed by atoms with Crippen molar-refractivity contribution in [1.29, 1.82) is 0 Å². The molecule has 0 amide bonds. The standard InChI is InChI=1S/C9H17NO2/c1-6-4-3-5-7(10)8(6)9(11)12-2/h6-8H,3-5,10H2,1-2H3/t6-,7-,8+/m1/s1. The van der Waals surface area contributed by atoms with Crippen LogP contribution in [0.1, 0.15) is 26.2 Å². The number of hydrogen-bond donors (Lipinski definition) is 1. The molecule has 0 radical (unpaired) electrons. The molecular formula is C9H17NO2. The van der Waals surface area contributed by atoms with Gasteiger partial charge in [-0.25, -0.2) is 0 Å². The Morgan fingerprint density at radius 2 is 2.17 bits per heavy atom. The summed E-state index contributed by atoms with van der Waals surface area (Å²) in [6.07, 6.45) is 3.17. The fourth-order valence-corrected chi connectivity index (χ4v) is 2.00. The van der Waals surface area contributed by atoms with E-state index in [0.717, 1.165) is 19.3 Å². The van der Waals surface area contributed by atoms with Gasteiger partial charge in [-0.1, -0.05) is 13.3 Å². The molecule has 0 aromatic heterocycles. The lowest BCUT2D eigenvalue weighted by Crippen LogP contribution is -2.43. The minimum atomic E-state index is -0.144. The summed E-state index contributed by atoms with van der Waals surface area (Å²) in [6, 6.07) is 0.00111. The van der Waals surface area contributed by atoms with Crippen molar-refractivity contribution in [2.24, 2.45) is 17.6 Å². The Balaban J connectivity index is 2.62. The van der Waals surface area contributed by atoms with Crippen molar-refractivity contribution in [1.82, 2.24) is 0 Å². The second kappa shape index (κ2) is 3.90. The lowest BCUT2D eigenvalue weighted by molar-refractivity contribution is -0.149. The monoisotopic (exact) mass is 171 g/mol. The number of rotatable bonds is 1. The zero-order valence-electron chi connectivity index (χ0n) is 7.75. The van der Waals surface area contributed by atoms with E-state index in [1.807, 2.05) is 0 Å². The van der Waals surface area contributed by atoms with Crippen LogP contribution in [0.15, 0.2) is 0 Å². The van der Waals surface area contributed by atoms with Gasteiger partial charge in [0, 0.05) is 6.04 Å². The Kier molecular flexibility index (Phi) is 3.09. The van der Waals surface area contributed by atoms with Gasteiger partial charge in [-0.05, 0) is 18.8 Å². The van der Waals surface area contributed by atoms with Crippen LogP contribution < -0.4 is 5.73 Å². The molecular weight excluding hydrogens is 154 g/mol. The predicted octanol–water partition coefficient (Wildman–Crippen LogP) is 0.923. The van der Waals surface area contributed by atoms with E-state index in [2.05, 4.69) is 6.92 Å². The molecule has 0 aliphatic heterocycles. The minimum absolute atomic E-state index is 0.00111. The van der Waals surface area contributed by atoms with Gasteiger partial charge < -0.3 is 10.5 Å². The summed E-state index contributed by atoms with van der Waals surface area (Å²) in [7, 11) is 1.43. The lowest BCUT2D eigenvalue weighted by Gasteiger charge is -2.31. The van der Waals surface area contributed by atoms with Gasteiger partial charge in [-0.15, -0.1) is 0 Å². The third-order valence-electron chi connectivity index (χ3n) is 2.74. The second-order valence-electron chi connectivity index (χ2n) is 3.62. The van der Waals surface area contributed by atoms with Crippen LogP contribution in [0, 0.1) is 11.8 Å². The van der Waals surface area contributed by atoms with E-state index < -0.39 is 0 Å². The molecule has 3 heteroatoms. The number of ether oxygens (including phenoxy) is 1. The molecule has 3 atom stereocenters. The third kappa shape index (κ3) is 1.78. The molecule has 0 aromatic rings. The number of methoxy groups -OCH3 is 1. The molecule has 1 saturated carbocycles. The van der Waals surface area contributed by atoms with Gasteiger partial charge in [0.15, 0.2) is 0 Å². The molecule has 2 N–H and O–H groups in total. The first-order valence-corrected chi connectivity index (χ1v) is 4.50. The Morgan fingerprint density at radius 3 is 2.67 bits per heavy atom. The van der Waals surface area contributed by atoms with Crippen LogP contribution in [0.5, 0.6) is 0 Å². The Hall–Kier alpha value is -0.570. The summed E-state index contributed by atoms with van der Waals surface area (Å²) < 4.78 is 4.71. The molecule has 0 unspecified atom stereocenters. The van der Waals surface area contributed by atoms with Crippen molar-refractivity contribution in [3.05, 3.63) is 0 Å². The molecule has 0 bridgehead atoms. The molecule has 0 spiro atoms. The first-order chi connectivity index (χ1) is 5.66. The first kappa shape index (κ1) is 9.52. The summed E-state index contributed by atoms with van der Waals surface area (Å²) in [6.45, 7) is 2.07. The highest BCUT2D eigenvalue weighted by molar-refractivity contribution is 5.73. The smallest absolute Gasteiger partial charge is 0.310 e. The molecule has 3 nitrogen and oxygen atoms in total. The first-order valence-electron chi connectivity index (χ1n) is 4.50. The molecule has 1 fully saturated rings. The van der Waals surface area contributed by atoms with Crippen LogP contribution in [-0.2, 0) is 9.53 Å². The largest absolute Gasteiger partial charge is 0.469 e. The van der Waals surface area contributed by atoms with E-state index in [1.165, 1.54) is 7.11 Å². The number of nitrogens with two attached hydrogens (primary N) is 1. The van der Waals surface area contributed by atoms with Crippen molar-refractivity contribution >= 4 is 5.97 Å². The Labute approximate surface area is 73.3 Å². The Morgan fingerprint density at radius 1 is 1.50 bits per heavy atom. The van der Waals surface area contributed by atoms with Crippen molar-refractivity contribution in [2.75, 3.05) is 7.11 Å². The highest BCUT2D eigenvalue weighted by Gasteiger charge is 2.34. The van der Waals surface area contributed by atoms with Crippen molar-refractivity contribution in [3.8, 4) is 0 Å². The highest BCUT2D eigenvalue weighted by Crippen LogP contribution is 2.29. The van der Waals surface area contributed by atoms with Gasteiger partial charge in [-0.3, -0.25) is 4.79 Å². The van der Waals surface area contributed by atoms with Crippen LogP contribution in [0.2, 0.25) is 0 Å². The van der Waals surface area contributed by atoms with Gasteiger partial charge in [-0.2, -0.15) is 0 Å². The summed E-state index contributed by atoms with van der Waals surface area (Å²) in [5, 5.41) is 0. The van der Waals surface area contributed by atoms with Crippen LogP contribution in [0.4, 0.5) is 0 Å². The number of carbonyl (C=O) groups excluding carboxylic acids is 1. The SMILES string of the molecule is COC(=O)[C@H]1[C@H](C)CCC[C@H]1N. The van der Waals surface area contributed by atoms with Crippen LogP contribution >= 0.6 is 0 Å². The normalized spacial score (nSPS) is 36.1. The summed E-state index contributed by atoms with van der Waals surface area (Å²) in [5.74, 6) is 0.152. The fraction of sp³-hybridized carbons (Fsp3) is 0.889. The van der Waals surface area contributed by atoms with E-state index in [0.29, 0.717) is 5.92 Å². The zero-order chi connectivity index (χ0) is 9.14. The molecule has 0 saturated heterocycles. The van der Waals surface area contributed by atoms with Crippen LogP contribution in [0.3, 0.4) is 0 Å². The quantitative estimate of drug-likeness (QED) is 0.597.